The summed E-state index contributed by atoms with van der Waals surface area (Å²) in [6, 6.07) is 11.7. The Morgan fingerprint density at radius 1 is 1.00 bits per heavy atom. The molecule has 0 radical (unpaired) electrons. The van der Waals surface area contributed by atoms with Gasteiger partial charge in [0.05, 0.1) is 0 Å². The summed E-state index contributed by atoms with van der Waals surface area (Å²) in [4.78, 5) is 0. The summed E-state index contributed by atoms with van der Waals surface area (Å²) in [6.07, 6.45) is 8.85. The monoisotopic (exact) mass is 289 g/mol. The van der Waals surface area contributed by atoms with Crippen molar-refractivity contribution < 1.29 is 4.74 Å². The summed E-state index contributed by atoms with van der Waals surface area (Å²) in [5.74, 6) is 0.779. The largest absolute Gasteiger partial charge is 0.381 e. The van der Waals surface area contributed by atoms with Crippen molar-refractivity contribution in [2.24, 2.45) is 0 Å². The van der Waals surface area contributed by atoms with E-state index >= 15 is 0 Å². The fraction of sp³-hybridized carbons (Fsp3) is 0.684. The highest BCUT2D eigenvalue weighted by atomic mass is 16.5. The van der Waals surface area contributed by atoms with Gasteiger partial charge in [-0.1, -0.05) is 43.7 Å². The normalized spacial score (nSPS) is 22.3. The molecule has 118 valence electrons. The van der Waals surface area contributed by atoms with Crippen molar-refractivity contribution >= 4 is 0 Å². The number of unbranched alkanes of at least 4 members (excludes halogenated alkanes) is 1. The van der Waals surface area contributed by atoms with Crippen LogP contribution in [-0.4, -0.2) is 25.8 Å². The van der Waals surface area contributed by atoms with E-state index in [-0.39, 0.29) is 0 Å². The molecule has 0 aliphatic heterocycles. The highest BCUT2D eigenvalue weighted by molar-refractivity contribution is 5.20. The minimum Gasteiger partial charge on any atom is -0.381 e. The van der Waals surface area contributed by atoms with Gasteiger partial charge in [0.25, 0.3) is 0 Å². The van der Waals surface area contributed by atoms with Crippen LogP contribution in [0, 0.1) is 0 Å². The number of hydrogen-bond acceptors (Lipinski definition) is 2. The number of rotatable bonds is 9. The van der Waals surface area contributed by atoms with Crippen LogP contribution in [-0.2, 0) is 4.74 Å². The predicted octanol–water partition coefficient (Wildman–Crippen LogP) is 4.51. The van der Waals surface area contributed by atoms with Gasteiger partial charge >= 0.3 is 0 Å². The van der Waals surface area contributed by atoms with Gasteiger partial charge in [-0.15, -0.1) is 0 Å². The van der Waals surface area contributed by atoms with Gasteiger partial charge in [-0.05, 0) is 56.6 Å². The Balaban J connectivity index is 1.53. The molecule has 0 saturated heterocycles. The SMILES string of the molecule is CCCCOCCCNC1CCC(c2ccccc2)CC1. The van der Waals surface area contributed by atoms with Gasteiger partial charge in [-0.3, -0.25) is 0 Å². The molecule has 0 atom stereocenters. The van der Waals surface area contributed by atoms with Crippen LogP contribution in [0.5, 0.6) is 0 Å². The van der Waals surface area contributed by atoms with Crippen molar-refractivity contribution in [2.45, 2.75) is 63.8 Å². The maximum atomic E-state index is 5.60. The van der Waals surface area contributed by atoms with Crippen LogP contribution in [0.3, 0.4) is 0 Å². The second-order valence-electron chi connectivity index (χ2n) is 6.23. The Kier molecular flexibility index (Phi) is 7.83. The third kappa shape index (κ3) is 6.19. The molecule has 2 rings (SSSR count). The lowest BCUT2D eigenvalue weighted by Gasteiger charge is -2.29. The fourth-order valence-corrected chi connectivity index (χ4v) is 3.18. The quantitative estimate of drug-likeness (QED) is 0.675. The summed E-state index contributed by atoms with van der Waals surface area (Å²) >= 11 is 0. The lowest BCUT2D eigenvalue weighted by atomic mass is 9.82. The number of nitrogens with one attached hydrogen (secondary N) is 1. The smallest absolute Gasteiger partial charge is 0.0478 e. The summed E-state index contributed by atoms with van der Waals surface area (Å²) in [5.41, 5.74) is 1.53. The molecule has 0 heterocycles. The van der Waals surface area contributed by atoms with E-state index in [0.717, 1.165) is 38.1 Å². The molecule has 0 unspecified atom stereocenters. The predicted molar refractivity (Wildman–Crippen MR) is 89.8 cm³/mol. The van der Waals surface area contributed by atoms with Crippen LogP contribution >= 0.6 is 0 Å². The number of benzene rings is 1. The molecule has 0 amide bonds. The molecule has 2 nitrogen and oxygen atoms in total. The molecule has 1 aromatic rings. The topological polar surface area (TPSA) is 21.3 Å². The van der Waals surface area contributed by atoms with E-state index in [1.54, 1.807) is 0 Å². The molecule has 1 saturated carbocycles. The molecule has 0 aromatic heterocycles. The first-order valence-corrected chi connectivity index (χ1v) is 8.76. The molecular weight excluding hydrogens is 258 g/mol. The third-order valence-corrected chi connectivity index (χ3v) is 4.54. The second-order valence-corrected chi connectivity index (χ2v) is 6.23. The molecule has 21 heavy (non-hydrogen) atoms. The molecular formula is C19H31NO. The van der Waals surface area contributed by atoms with Crippen molar-refractivity contribution in [1.29, 1.82) is 0 Å². The van der Waals surface area contributed by atoms with Crippen molar-refractivity contribution in [3.05, 3.63) is 35.9 Å². The minimum atomic E-state index is 0.723. The molecule has 0 spiro atoms. The van der Waals surface area contributed by atoms with Crippen LogP contribution in [0.25, 0.3) is 0 Å². The standard InChI is InChI=1S/C19H31NO/c1-2-3-15-21-16-7-14-20-19-12-10-18(11-13-19)17-8-5-4-6-9-17/h4-6,8-9,18-20H,2-3,7,10-16H2,1H3. The van der Waals surface area contributed by atoms with E-state index < -0.39 is 0 Å². The van der Waals surface area contributed by atoms with Gasteiger partial charge in [0, 0.05) is 19.3 Å². The van der Waals surface area contributed by atoms with E-state index in [0.29, 0.717) is 0 Å². The van der Waals surface area contributed by atoms with E-state index in [1.807, 2.05) is 0 Å². The maximum Gasteiger partial charge on any atom is 0.0478 e. The molecule has 1 N–H and O–H groups in total. The fourth-order valence-electron chi connectivity index (χ4n) is 3.18. The second kappa shape index (κ2) is 9.97. The summed E-state index contributed by atoms with van der Waals surface area (Å²) in [5, 5.41) is 3.70. The van der Waals surface area contributed by atoms with Crippen molar-refractivity contribution in [3.63, 3.8) is 0 Å². The highest BCUT2D eigenvalue weighted by Crippen LogP contribution is 2.32. The first-order valence-electron chi connectivity index (χ1n) is 8.76. The van der Waals surface area contributed by atoms with Crippen molar-refractivity contribution in [2.75, 3.05) is 19.8 Å². The molecule has 2 heteroatoms. The first-order chi connectivity index (χ1) is 10.4. The van der Waals surface area contributed by atoms with E-state index in [9.17, 15) is 0 Å². The maximum absolute atomic E-state index is 5.60. The minimum absolute atomic E-state index is 0.723. The molecule has 1 aromatic carbocycles. The summed E-state index contributed by atoms with van der Waals surface area (Å²) < 4.78 is 5.60. The van der Waals surface area contributed by atoms with Gasteiger partial charge < -0.3 is 10.1 Å². The Labute approximate surface area is 130 Å². The van der Waals surface area contributed by atoms with Gasteiger partial charge in [0.15, 0.2) is 0 Å². The molecule has 1 fully saturated rings. The van der Waals surface area contributed by atoms with Crippen molar-refractivity contribution in [1.82, 2.24) is 5.32 Å². The Morgan fingerprint density at radius 2 is 1.71 bits per heavy atom. The van der Waals surface area contributed by atoms with Gasteiger partial charge in [0.2, 0.25) is 0 Å². The zero-order valence-corrected chi connectivity index (χ0v) is 13.5. The first kappa shape index (κ1) is 16.5. The lowest BCUT2D eigenvalue weighted by Crippen LogP contribution is -2.33. The van der Waals surface area contributed by atoms with Gasteiger partial charge in [-0.25, -0.2) is 0 Å². The zero-order chi connectivity index (χ0) is 14.8. The van der Waals surface area contributed by atoms with E-state index in [1.165, 1.54) is 44.1 Å². The average Bonchev–Trinajstić information content (AvgIpc) is 2.55. The van der Waals surface area contributed by atoms with Crippen LogP contribution < -0.4 is 5.32 Å². The lowest BCUT2D eigenvalue weighted by molar-refractivity contribution is 0.127. The van der Waals surface area contributed by atoms with Gasteiger partial charge in [-0.2, -0.15) is 0 Å². The van der Waals surface area contributed by atoms with Crippen molar-refractivity contribution in [3.8, 4) is 0 Å². The zero-order valence-electron chi connectivity index (χ0n) is 13.5. The average molecular weight is 289 g/mol. The Hall–Kier alpha value is -0.860. The molecule has 1 aliphatic carbocycles. The van der Waals surface area contributed by atoms with Crippen LogP contribution in [0.2, 0.25) is 0 Å². The van der Waals surface area contributed by atoms with E-state index in [2.05, 4.69) is 42.6 Å². The highest BCUT2D eigenvalue weighted by Gasteiger charge is 2.21. The number of ether oxygens (including phenoxy) is 1. The van der Waals surface area contributed by atoms with Crippen LogP contribution in [0.4, 0.5) is 0 Å². The number of hydrogen-bond donors (Lipinski definition) is 1. The van der Waals surface area contributed by atoms with Gasteiger partial charge in [0.1, 0.15) is 0 Å². The Bertz CT molecular complexity index is 357. The Morgan fingerprint density at radius 3 is 2.43 bits per heavy atom. The summed E-state index contributed by atoms with van der Waals surface area (Å²) in [6.45, 7) is 5.15. The molecule has 1 aliphatic rings. The molecule has 0 bridgehead atoms. The third-order valence-electron chi connectivity index (χ3n) is 4.54. The van der Waals surface area contributed by atoms with Crippen LogP contribution in [0.1, 0.15) is 63.4 Å². The summed E-state index contributed by atoms with van der Waals surface area (Å²) in [7, 11) is 0. The van der Waals surface area contributed by atoms with E-state index in [4.69, 9.17) is 4.74 Å². The van der Waals surface area contributed by atoms with Crippen LogP contribution in [0.15, 0.2) is 30.3 Å².